The molecule has 0 bridgehead atoms. The van der Waals surface area contributed by atoms with Crippen LogP contribution in [0.3, 0.4) is 0 Å². The third-order valence-electron chi connectivity index (χ3n) is 7.68. The van der Waals surface area contributed by atoms with Gasteiger partial charge in [-0.05, 0) is 68.9 Å². The second-order valence-electron chi connectivity index (χ2n) is 10.6. The first-order valence-corrected chi connectivity index (χ1v) is 13.1. The van der Waals surface area contributed by atoms with Gasteiger partial charge in [-0.1, -0.05) is 0 Å². The van der Waals surface area contributed by atoms with Gasteiger partial charge < -0.3 is 24.5 Å². The third-order valence-corrected chi connectivity index (χ3v) is 7.68. The zero-order valence-electron chi connectivity index (χ0n) is 21.5. The number of benzene rings is 1. The van der Waals surface area contributed by atoms with Crippen molar-refractivity contribution in [1.29, 1.82) is 0 Å². The SMILES string of the molecule is CC(F)Oc1ccc2cc(-c3nc4cc(C(=O)N5C[C@H](N)CC[C@@H]5C)ccc4n3C)n(CC3CC3)c2n1. The van der Waals surface area contributed by atoms with Gasteiger partial charge in [0.25, 0.3) is 5.91 Å². The lowest BCUT2D eigenvalue weighted by Gasteiger charge is -2.36. The first-order chi connectivity index (χ1) is 17.8. The molecule has 6 rings (SSSR count). The van der Waals surface area contributed by atoms with Gasteiger partial charge in [0.05, 0.1) is 16.7 Å². The zero-order chi connectivity index (χ0) is 25.8. The Hall–Kier alpha value is -3.46. The first kappa shape index (κ1) is 23.9. The van der Waals surface area contributed by atoms with Crippen molar-refractivity contribution in [3.8, 4) is 17.4 Å². The van der Waals surface area contributed by atoms with E-state index in [0.29, 0.717) is 18.0 Å². The Morgan fingerprint density at radius 2 is 1.97 bits per heavy atom. The number of piperidine rings is 1. The molecular weight excluding hydrogens is 471 g/mol. The van der Waals surface area contributed by atoms with Crippen molar-refractivity contribution in [2.24, 2.45) is 18.7 Å². The topological polar surface area (TPSA) is 91.2 Å². The van der Waals surface area contributed by atoms with Crippen LogP contribution in [0.25, 0.3) is 33.6 Å². The number of carbonyl (C=O) groups excluding carboxylic acids is 1. The molecule has 37 heavy (non-hydrogen) atoms. The summed E-state index contributed by atoms with van der Waals surface area (Å²) in [5, 5.41) is 0.952. The second kappa shape index (κ2) is 9.13. The van der Waals surface area contributed by atoms with E-state index < -0.39 is 6.36 Å². The molecule has 3 atom stereocenters. The van der Waals surface area contributed by atoms with E-state index in [1.807, 2.05) is 36.2 Å². The van der Waals surface area contributed by atoms with Crippen molar-refractivity contribution in [2.75, 3.05) is 6.54 Å². The van der Waals surface area contributed by atoms with Crippen LogP contribution in [0.4, 0.5) is 4.39 Å². The summed E-state index contributed by atoms with van der Waals surface area (Å²) >= 11 is 0. The number of hydrogen-bond donors (Lipinski definition) is 1. The molecule has 1 amide bonds. The van der Waals surface area contributed by atoms with Crippen LogP contribution in [-0.2, 0) is 13.6 Å². The molecule has 2 N–H and O–H groups in total. The Kier molecular flexibility index (Phi) is 5.90. The summed E-state index contributed by atoms with van der Waals surface area (Å²) in [7, 11) is 1.99. The van der Waals surface area contributed by atoms with Crippen LogP contribution in [0.15, 0.2) is 36.4 Å². The van der Waals surface area contributed by atoms with E-state index in [-0.39, 0.29) is 23.9 Å². The largest absolute Gasteiger partial charge is 0.444 e. The number of rotatable bonds is 6. The molecule has 1 saturated carbocycles. The zero-order valence-corrected chi connectivity index (χ0v) is 21.5. The van der Waals surface area contributed by atoms with Crippen molar-refractivity contribution in [3.05, 3.63) is 42.0 Å². The quantitative estimate of drug-likeness (QED) is 0.413. The highest BCUT2D eigenvalue weighted by Crippen LogP contribution is 2.36. The van der Waals surface area contributed by atoms with E-state index in [2.05, 4.69) is 27.1 Å². The van der Waals surface area contributed by atoms with Crippen molar-refractivity contribution in [3.63, 3.8) is 0 Å². The molecule has 8 nitrogen and oxygen atoms in total. The third kappa shape index (κ3) is 4.45. The molecule has 4 heterocycles. The molecule has 1 saturated heterocycles. The minimum atomic E-state index is -1.43. The van der Waals surface area contributed by atoms with Gasteiger partial charge in [-0.25, -0.2) is 9.37 Å². The average molecular weight is 505 g/mol. The number of imidazole rings is 1. The number of hydrogen-bond acceptors (Lipinski definition) is 5. The fourth-order valence-electron chi connectivity index (χ4n) is 5.42. The smallest absolute Gasteiger partial charge is 0.254 e. The lowest BCUT2D eigenvalue weighted by molar-refractivity contribution is 0.0612. The number of alkyl halides is 1. The van der Waals surface area contributed by atoms with Crippen molar-refractivity contribution < 1.29 is 13.9 Å². The number of aryl methyl sites for hydroxylation is 1. The minimum absolute atomic E-state index is 0.00146. The molecular formula is C28H33FN6O2. The van der Waals surface area contributed by atoms with Crippen molar-refractivity contribution >= 4 is 28.0 Å². The summed E-state index contributed by atoms with van der Waals surface area (Å²) in [5.74, 6) is 1.66. The summed E-state index contributed by atoms with van der Waals surface area (Å²) < 4.78 is 22.9. The van der Waals surface area contributed by atoms with Crippen molar-refractivity contribution in [2.45, 2.75) is 64.5 Å². The van der Waals surface area contributed by atoms with E-state index in [1.54, 1.807) is 6.07 Å². The summed E-state index contributed by atoms with van der Waals surface area (Å²) in [5.41, 5.74) is 10.2. The van der Waals surface area contributed by atoms with E-state index in [0.717, 1.165) is 53.0 Å². The van der Waals surface area contributed by atoms with Gasteiger partial charge in [-0.2, -0.15) is 4.98 Å². The number of ether oxygens (including phenoxy) is 1. The van der Waals surface area contributed by atoms with E-state index in [9.17, 15) is 9.18 Å². The fraction of sp³-hybridized carbons (Fsp3) is 0.464. The van der Waals surface area contributed by atoms with Gasteiger partial charge in [-0.3, -0.25) is 4.79 Å². The predicted molar refractivity (Wildman–Crippen MR) is 141 cm³/mol. The van der Waals surface area contributed by atoms with Crippen LogP contribution in [0.2, 0.25) is 0 Å². The number of nitrogens with two attached hydrogens (primary N) is 1. The summed E-state index contributed by atoms with van der Waals surface area (Å²) in [4.78, 5) is 24.9. The van der Waals surface area contributed by atoms with E-state index >= 15 is 0 Å². The molecule has 4 aromatic rings. The highest BCUT2D eigenvalue weighted by molar-refractivity contribution is 5.98. The monoisotopic (exact) mass is 504 g/mol. The van der Waals surface area contributed by atoms with Gasteiger partial charge >= 0.3 is 0 Å². The normalized spacial score (nSPS) is 21.1. The number of likely N-dealkylation sites (tertiary alicyclic amines) is 1. The minimum Gasteiger partial charge on any atom is -0.444 e. The Morgan fingerprint density at radius 1 is 1.16 bits per heavy atom. The van der Waals surface area contributed by atoms with E-state index in [4.69, 9.17) is 15.5 Å². The van der Waals surface area contributed by atoms with Crippen LogP contribution < -0.4 is 10.5 Å². The van der Waals surface area contributed by atoms with E-state index in [1.165, 1.54) is 19.8 Å². The molecule has 1 unspecified atom stereocenters. The fourth-order valence-corrected chi connectivity index (χ4v) is 5.42. The molecule has 0 radical (unpaired) electrons. The summed E-state index contributed by atoms with van der Waals surface area (Å²) in [6, 6.07) is 11.6. The van der Waals surface area contributed by atoms with Crippen molar-refractivity contribution in [1.82, 2.24) is 24.0 Å². The number of pyridine rings is 1. The maximum absolute atomic E-state index is 13.5. The number of fused-ring (bicyclic) bond motifs is 2. The molecule has 2 fully saturated rings. The van der Waals surface area contributed by atoms with Gasteiger partial charge in [0.2, 0.25) is 12.2 Å². The Morgan fingerprint density at radius 3 is 2.73 bits per heavy atom. The molecule has 1 aromatic carbocycles. The first-order valence-electron chi connectivity index (χ1n) is 13.1. The maximum Gasteiger partial charge on any atom is 0.254 e. The van der Waals surface area contributed by atoms with Crippen LogP contribution in [-0.4, -0.2) is 54.9 Å². The summed E-state index contributed by atoms with van der Waals surface area (Å²) in [6.45, 7) is 4.82. The molecule has 2 aliphatic rings. The number of nitrogens with zero attached hydrogens (tertiary/aromatic N) is 5. The van der Waals surface area contributed by atoms with Crippen LogP contribution >= 0.6 is 0 Å². The Labute approximate surface area is 215 Å². The number of carbonyl (C=O) groups is 1. The Balaban J connectivity index is 1.41. The van der Waals surface area contributed by atoms with Gasteiger partial charge in [0.1, 0.15) is 5.65 Å². The highest BCUT2D eigenvalue weighted by atomic mass is 19.1. The standard InChI is InChI=1S/C28H33FN6O2/c1-16-4-9-21(30)15-34(16)28(36)20-7-10-23-22(12-20)31-27(33(23)3)24-13-19-8-11-25(37-17(2)29)32-26(19)35(24)14-18-5-6-18/h7-8,10-13,16-18,21H,4-6,9,14-15,30H2,1-3H3/t16-,17?,21+/m0/s1. The Bertz CT molecular complexity index is 1490. The molecule has 1 aliphatic heterocycles. The molecule has 194 valence electrons. The highest BCUT2D eigenvalue weighted by Gasteiger charge is 2.29. The maximum atomic E-state index is 13.5. The molecule has 3 aromatic heterocycles. The van der Waals surface area contributed by atoms with Crippen LogP contribution in [0.5, 0.6) is 5.88 Å². The molecule has 9 heteroatoms. The molecule has 0 spiro atoms. The number of halogens is 1. The van der Waals surface area contributed by atoms with Gasteiger partial charge in [-0.15, -0.1) is 0 Å². The van der Waals surface area contributed by atoms with Gasteiger partial charge in [0, 0.05) is 56.2 Å². The van der Waals surface area contributed by atoms with Crippen LogP contribution in [0, 0.1) is 5.92 Å². The van der Waals surface area contributed by atoms with Crippen LogP contribution in [0.1, 0.15) is 49.9 Å². The molecule has 1 aliphatic carbocycles. The predicted octanol–water partition coefficient (Wildman–Crippen LogP) is 4.65. The average Bonchev–Trinajstić information content (AvgIpc) is 3.55. The summed E-state index contributed by atoms with van der Waals surface area (Å²) in [6.07, 6.45) is 2.79. The van der Waals surface area contributed by atoms with Gasteiger partial charge in [0.15, 0.2) is 5.82 Å². The lowest BCUT2D eigenvalue weighted by atomic mass is 9.99. The lowest BCUT2D eigenvalue weighted by Crippen LogP contribution is -2.50. The number of amides is 1. The number of aromatic nitrogens is 4. The second-order valence-corrected chi connectivity index (χ2v) is 10.6.